The largest absolute Gasteiger partial charge is 0.339 e. The SMILES string of the molecule is CCCN(CC)C(=O)c1cc(C=O)ccc1F. The standard InChI is InChI=1S/C13H16FNO2/c1-3-7-15(4-2)13(17)11-8-10(9-16)5-6-12(11)14/h5-6,8-9H,3-4,7H2,1-2H3. The fourth-order valence-corrected chi connectivity index (χ4v) is 1.62. The van der Waals surface area contributed by atoms with Gasteiger partial charge in [0.25, 0.3) is 5.91 Å². The van der Waals surface area contributed by atoms with E-state index in [4.69, 9.17) is 0 Å². The molecule has 1 aromatic carbocycles. The number of carbonyl (C=O) groups is 2. The van der Waals surface area contributed by atoms with Crippen LogP contribution < -0.4 is 0 Å². The van der Waals surface area contributed by atoms with E-state index in [1.54, 1.807) is 4.90 Å². The molecule has 0 heterocycles. The van der Waals surface area contributed by atoms with E-state index in [1.165, 1.54) is 12.1 Å². The lowest BCUT2D eigenvalue weighted by Gasteiger charge is -2.20. The van der Waals surface area contributed by atoms with Gasteiger partial charge < -0.3 is 4.90 Å². The second kappa shape index (κ2) is 6.13. The van der Waals surface area contributed by atoms with Gasteiger partial charge in [-0.15, -0.1) is 0 Å². The van der Waals surface area contributed by atoms with Gasteiger partial charge in [0.15, 0.2) is 0 Å². The quantitative estimate of drug-likeness (QED) is 0.738. The molecule has 0 saturated heterocycles. The Kier molecular flexibility index (Phi) is 4.82. The highest BCUT2D eigenvalue weighted by molar-refractivity contribution is 5.96. The van der Waals surface area contributed by atoms with Crippen molar-refractivity contribution in [1.82, 2.24) is 4.90 Å². The third-order valence-corrected chi connectivity index (χ3v) is 2.52. The average molecular weight is 237 g/mol. The second-order valence-corrected chi connectivity index (χ2v) is 3.74. The van der Waals surface area contributed by atoms with Crippen LogP contribution in [0.15, 0.2) is 18.2 Å². The minimum absolute atomic E-state index is 0.0371. The lowest BCUT2D eigenvalue weighted by molar-refractivity contribution is 0.0760. The number of nitrogens with zero attached hydrogens (tertiary/aromatic N) is 1. The highest BCUT2D eigenvalue weighted by Gasteiger charge is 2.17. The van der Waals surface area contributed by atoms with E-state index in [0.717, 1.165) is 12.5 Å². The zero-order valence-electron chi connectivity index (χ0n) is 10.1. The highest BCUT2D eigenvalue weighted by Crippen LogP contribution is 2.12. The molecule has 3 nitrogen and oxygen atoms in total. The van der Waals surface area contributed by atoms with Crippen molar-refractivity contribution in [3.8, 4) is 0 Å². The van der Waals surface area contributed by atoms with E-state index >= 15 is 0 Å². The van der Waals surface area contributed by atoms with Crippen molar-refractivity contribution in [2.45, 2.75) is 20.3 Å². The molecule has 0 spiro atoms. The summed E-state index contributed by atoms with van der Waals surface area (Å²) < 4.78 is 13.5. The van der Waals surface area contributed by atoms with Gasteiger partial charge in [0, 0.05) is 18.7 Å². The summed E-state index contributed by atoms with van der Waals surface area (Å²) in [6.07, 6.45) is 1.42. The first kappa shape index (κ1) is 13.4. The number of aldehydes is 1. The van der Waals surface area contributed by atoms with Crippen molar-refractivity contribution >= 4 is 12.2 Å². The molecule has 1 amide bonds. The van der Waals surface area contributed by atoms with Gasteiger partial charge in [0.1, 0.15) is 12.1 Å². The summed E-state index contributed by atoms with van der Waals surface area (Å²) in [6.45, 7) is 4.90. The summed E-state index contributed by atoms with van der Waals surface area (Å²) in [5.74, 6) is -0.953. The average Bonchev–Trinajstić information content (AvgIpc) is 2.35. The van der Waals surface area contributed by atoms with Crippen LogP contribution in [0.25, 0.3) is 0 Å². The van der Waals surface area contributed by atoms with E-state index in [1.807, 2.05) is 13.8 Å². The van der Waals surface area contributed by atoms with Crippen LogP contribution in [-0.4, -0.2) is 30.2 Å². The number of benzene rings is 1. The molecule has 1 aromatic rings. The topological polar surface area (TPSA) is 37.4 Å². The van der Waals surface area contributed by atoms with Gasteiger partial charge in [-0.1, -0.05) is 6.92 Å². The van der Waals surface area contributed by atoms with Crippen molar-refractivity contribution in [1.29, 1.82) is 0 Å². The maximum absolute atomic E-state index is 13.5. The molecular weight excluding hydrogens is 221 g/mol. The van der Waals surface area contributed by atoms with Crippen molar-refractivity contribution in [2.75, 3.05) is 13.1 Å². The normalized spacial score (nSPS) is 10.1. The van der Waals surface area contributed by atoms with Crippen LogP contribution in [0.5, 0.6) is 0 Å². The predicted octanol–water partition coefficient (Wildman–Crippen LogP) is 2.51. The first-order valence-electron chi connectivity index (χ1n) is 5.68. The van der Waals surface area contributed by atoms with Crippen LogP contribution in [0.1, 0.15) is 41.0 Å². The van der Waals surface area contributed by atoms with Crippen LogP contribution in [-0.2, 0) is 0 Å². The molecule has 0 aliphatic rings. The maximum Gasteiger partial charge on any atom is 0.256 e. The van der Waals surface area contributed by atoms with Crippen molar-refractivity contribution in [3.63, 3.8) is 0 Å². The van der Waals surface area contributed by atoms with Gasteiger partial charge in [-0.2, -0.15) is 0 Å². The fraction of sp³-hybridized carbons (Fsp3) is 0.385. The Bertz CT molecular complexity index is 418. The summed E-state index contributed by atoms with van der Waals surface area (Å²) in [5.41, 5.74) is 0.271. The lowest BCUT2D eigenvalue weighted by Crippen LogP contribution is -2.32. The molecular formula is C13H16FNO2. The highest BCUT2D eigenvalue weighted by atomic mass is 19.1. The van der Waals surface area contributed by atoms with Gasteiger partial charge in [0.05, 0.1) is 5.56 Å². The Balaban J connectivity index is 3.05. The fourth-order valence-electron chi connectivity index (χ4n) is 1.62. The Labute approximate surface area is 100 Å². The molecule has 92 valence electrons. The molecule has 0 aliphatic carbocycles. The number of rotatable bonds is 5. The monoisotopic (exact) mass is 237 g/mol. The number of hydrogen-bond donors (Lipinski definition) is 0. The number of carbonyl (C=O) groups excluding carboxylic acids is 2. The summed E-state index contributed by atoms with van der Waals surface area (Å²) in [5, 5.41) is 0. The second-order valence-electron chi connectivity index (χ2n) is 3.74. The zero-order valence-corrected chi connectivity index (χ0v) is 10.1. The zero-order chi connectivity index (χ0) is 12.8. The number of halogens is 1. The van der Waals surface area contributed by atoms with Crippen molar-refractivity contribution in [2.24, 2.45) is 0 Å². The van der Waals surface area contributed by atoms with Gasteiger partial charge in [-0.25, -0.2) is 4.39 Å². The third kappa shape index (κ3) is 3.12. The molecule has 0 aromatic heterocycles. The number of hydrogen-bond acceptors (Lipinski definition) is 2. The molecule has 0 atom stereocenters. The van der Waals surface area contributed by atoms with E-state index < -0.39 is 5.82 Å². The lowest BCUT2D eigenvalue weighted by atomic mass is 10.1. The van der Waals surface area contributed by atoms with Gasteiger partial charge in [-0.05, 0) is 31.5 Å². The summed E-state index contributed by atoms with van der Waals surface area (Å²) in [7, 11) is 0. The molecule has 0 saturated carbocycles. The van der Waals surface area contributed by atoms with E-state index in [0.29, 0.717) is 24.9 Å². The molecule has 4 heteroatoms. The molecule has 0 radical (unpaired) electrons. The Morgan fingerprint density at radius 2 is 2.12 bits per heavy atom. The Morgan fingerprint density at radius 3 is 2.65 bits per heavy atom. The minimum atomic E-state index is -0.588. The molecule has 0 bridgehead atoms. The van der Waals surface area contributed by atoms with Crippen molar-refractivity contribution in [3.05, 3.63) is 35.1 Å². The maximum atomic E-state index is 13.5. The van der Waals surface area contributed by atoms with E-state index in [9.17, 15) is 14.0 Å². The minimum Gasteiger partial charge on any atom is -0.339 e. The molecule has 0 fully saturated rings. The van der Waals surface area contributed by atoms with Crippen LogP contribution >= 0.6 is 0 Å². The summed E-state index contributed by atoms with van der Waals surface area (Å²) in [6, 6.07) is 3.80. The van der Waals surface area contributed by atoms with E-state index in [2.05, 4.69) is 0 Å². The summed E-state index contributed by atoms with van der Waals surface area (Å²) >= 11 is 0. The van der Waals surface area contributed by atoms with Crippen molar-refractivity contribution < 1.29 is 14.0 Å². The van der Waals surface area contributed by atoms with Crippen LogP contribution in [0.2, 0.25) is 0 Å². The smallest absolute Gasteiger partial charge is 0.256 e. The summed E-state index contributed by atoms with van der Waals surface area (Å²) in [4.78, 5) is 24.2. The van der Waals surface area contributed by atoms with Crippen LogP contribution in [0, 0.1) is 5.82 Å². The van der Waals surface area contributed by atoms with Gasteiger partial charge >= 0.3 is 0 Å². The van der Waals surface area contributed by atoms with Gasteiger partial charge in [-0.3, -0.25) is 9.59 Å². The molecule has 0 N–H and O–H groups in total. The third-order valence-electron chi connectivity index (χ3n) is 2.52. The molecule has 17 heavy (non-hydrogen) atoms. The number of amides is 1. The first-order valence-corrected chi connectivity index (χ1v) is 5.68. The Hall–Kier alpha value is -1.71. The van der Waals surface area contributed by atoms with Gasteiger partial charge in [0.2, 0.25) is 0 Å². The molecule has 0 unspecified atom stereocenters. The first-order chi connectivity index (χ1) is 8.13. The molecule has 1 rings (SSSR count). The van der Waals surface area contributed by atoms with Crippen LogP contribution in [0.4, 0.5) is 4.39 Å². The van der Waals surface area contributed by atoms with Crippen LogP contribution in [0.3, 0.4) is 0 Å². The van der Waals surface area contributed by atoms with E-state index in [-0.39, 0.29) is 11.5 Å². The Morgan fingerprint density at radius 1 is 1.41 bits per heavy atom. The molecule has 0 aliphatic heterocycles. The predicted molar refractivity (Wildman–Crippen MR) is 63.7 cm³/mol.